The van der Waals surface area contributed by atoms with Gasteiger partial charge in [0, 0.05) is 17.2 Å². The van der Waals surface area contributed by atoms with E-state index in [9.17, 15) is 19.0 Å². The Balaban J connectivity index is 1.26. The predicted molar refractivity (Wildman–Crippen MR) is 121 cm³/mol. The molecule has 0 radical (unpaired) electrons. The van der Waals surface area contributed by atoms with Gasteiger partial charge in [-0.05, 0) is 17.7 Å². The number of imidazole rings is 1. The lowest BCUT2D eigenvalue weighted by Gasteiger charge is -2.15. The SMILES string of the molecule is Oc1cc(F)c(F)cc1-c1ccc(-c2nc3nc(O[C@@H]4CO[C@H]5[C@@H]4OC[C@H]5O)[nH]c3cc2Cl)cc1. The summed E-state index contributed by atoms with van der Waals surface area (Å²) in [6.45, 7) is 0.465. The van der Waals surface area contributed by atoms with Crippen LogP contribution in [0.15, 0.2) is 42.5 Å². The second kappa shape index (κ2) is 8.42. The maximum absolute atomic E-state index is 13.6. The average Bonchev–Trinajstić information content (AvgIpc) is 3.53. The first-order chi connectivity index (χ1) is 16.9. The number of hydrogen-bond acceptors (Lipinski definition) is 7. The molecule has 0 unspecified atom stereocenters. The molecular weight excluding hydrogens is 484 g/mol. The van der Waals surface area contributed by atoms with Crippen LogP contribution in [0.4, 0.5) is 8.78 Å². The van der Waals surface area contributed by atoms with Crippen LogP contribution in [0.5, 0.6) is 11.8 Å². The molecule has 11 heteroatoms. The molecule has 0 amide bonds. The third-order valence-electron chi connectivity index (χ3n) is 6.16. The van der Waals surface area contributed by atoms with Gasteiger partial charge in [0.05, 0.1) is 29.4 Å². The van der Waals surface area contributed by atoms with E-state index in [0.717, 1.165) is 12.1 Å². The monoisotopic (exact) mass is 501 g/mol. The van der Waals surface area contributed by atoms with Crippen LogP contribution in [0.3, 0.4) is 0 Å². The van der Waals surface area contributed by atoms with Gasteiger partial charge < -0.3 is 29.4 Å². The van der Waals surface area contributed by atoms with Crippen molar-refractivity contribution in [3.63, 3.8) is 0 Å². The zero-order chi connectivity index (χ0) is 24.3. The Morgan fingerprint density at radius 1 is 0.971 bits per heavy atom. The van der Waals surface area contributed by atoms with Gasteiger partial charge in [0.1, 0.15) is 24.1 Å². The Morgan fingerprint density at radius 2 is 1.69 bits per heavy atom. The van der Waals surface area contributed by atoms with Crippen LogP contribution in [0, 0.1) is 11.6 Å². The fourth-order valence-corrected chi connectivity index (χ4v) is 4.68. The molecule has 0 aliphatic carbocycles. The standard InChI is InChI=1S/C24H18ClF2N3O5/c25-13-6-16-23(30-24(28-16)35-19-9-34-21-18(32)8-33-22(19)21)29-20(13)11-3-1-10(2-4-11)12-5-14(26)15(27)7-17(12)31/h1-7,18-19,21-22,31-32H,8-9H2,(H,28,29,30)/t18-,19-,21-,22-/m1/s1. The number of pyridine rings is 1. The predicted octanol–water partition coefficient (Wildman–Crippen LogP) is 3.84. The van der Waals surface area contributed by atoms with Crippen LogP contribution in [0.1, 0.15) is 0 Å². The third kappa shape index (κ3) is 3.88. The third-order valence-corrected chi connectivity index (χ3v) is 6.45. The minimum atomic E-state index is -1.12. The number of aromatic amines is 1. The highest BCUT2D eigenvalue weighted by atomic mass is 35.5. The number of H-pyrrole nitrogens is 1. The molecule has 2 aromatic heterocycles. The van der Waals surface area contributed by atoms with Crippen molar-refractivity contribution in [2.24, 2.45) is 0 Å². The van der Waals surface area contributed by atoms with Crippen molar-refractivity contribution in [1.82, 2.24) is 15.0 Å². The van der Waals surface area contributed by atoms with E-state index in [0.29, 0.717) is 33.0 Å². The van der Waals surface area contributed by atoms with Gasteiger partial charge in [-0.25, -0.2) is 13.8 Å². The zero-order valence-electron chi connectivity index (χ0n) is 17.9. The molecule has 0 spiro atoms. The summed E-state index contributed by atoms with van der Waals surface area (Å²) in [4.78, 5) is 12.0. The number of nitrogens with one attached hydrogen (secondary N) is 1. The number of phenolic OH excluding ortho intramolecular Hbond substituents is 1. The van der Waals surface area contributed by atoms with Gasteiger partial charge in [-0.15, -0.1) is 0 Å². The molecule has 0 saturated carbocycles. The van der Waals surface area contributed by atoms with E-state index < -0.39 is 29.9 Å². The van der Waals surface area contributed by atoms with E-state index in [1.54, 1.807) is 30.3 Å². The van der Waals surface area contributed by atoms with Crippen LogP contribution in [0.25, 0.3) is 33.5 Å². The van der Waals surface area contributed by atoms with Gasteiger partial charge in [-0.3, -0.25) is 0 Å². The number of ether oxygens (including phenoxy) is 3. The number of rotatable bonds is 4. The maximum Gasteiger partial charge on any atom is 0.296 e. The summed E-state index contributed by atoms with van der Waals surface area (Å²) >= 11 is 6.48. The second-order valence-corrected chi connectivity index (χ2v) is 8.82. The van der Waals surface area contributed by atoms with Crippen molar-refractivity contribution in [2.45, 2.75) is 24.4 Å². The van der Waals surface area contributed by atoms with E-state index in [1.165, 1.54) is 0 Å². The van der Waals surface area contributed by atoms with Crippen LogP contribution in [0.2, 0.25) is 5.02 Å². The first kappa shape index (κ1) is 22.2. The van der Waals surface area contributed by atoms with E-state index in [4.69, 9.17) is 25.8 Å². The fourth-order valence-electron chi connectivity index (χ4n) is 4.42. The highest BCUT2D eigenvalue weighted by molar-refractivity contribution is 6.33. The number of aromatic nitrogens is 3. The number of benzene rings is 2. The van der Waals surface area contributed by atoms with Gasteiger partial charge in [0.25, 0.3) is 6.01 Å². The van der Waals surface area contributed by atoms with Crippen LogP contribution < -0.4 is 4.74 Å². The number of aromatic hydroxyl groups is 1. The molecule has 2 saturated heterocycles. The molecule has 2 fully saturated rings. The highest BCUT2D eigenvalue weighted by Crippen LogP contribution is 2.35. The second-order valence-electron chi connectivity index (χ2n) is 8.41. The molecule has 6 rings (SSSR count). The summed E-state index contributed by atoms with van der Waals surface area (Å²) in [6.07, 6.45) is -1.89. The van der Waals surface area contributed by atoms with Crippen LogP contribution >= 0.6 is 11.6 Å². The molecule has 0 bridgehead atoms. The van der Waals surface area contributed by atoms with Crippen molar-refractivity contribution in [1.29, 1.82) is 0 Å². The smallest absolute Gasteiger partial charge is 0.296 e. The first-order valence-electron chi connectivity index (χ1n) is 10.8. The number of aliphatic hydroxyl groups is 1. The van der Waals surface area contributed by atoms with E-state index in [1.807, 2.05) is 0 Å². The topological polar surface area (TPSA) is 110 Å². The Labute approximate surface area is 202 Å². The summed E-state index contributed by atoms with van der Waals surface area (Å²) in [5.74, 6) is -2.54. The fraction of sp³-hybridized carbons (Fsp3) is 0.250. The average molecular weight is 502 g/mol. The number of hydrogen-bond donors (Lipinski definition) is 3. The highest BCUT2D eigenvalue weighted by Gasteiger charge is 2.48. The lowest BCUT2D eigenvalue weighted by Crippen LogP contribution is -2.34. The Kier molecular flexibility index (Phi) is 5.33. The molecule has 2 aromatic carbocycles. The summed E-state index contributed by atoms with van der Waals surface area (Å²) in [7, 11) is 0. The van der Waals surface area contributed by atoms with Crippen molar-refractivity contribution in [3.05, 3.63) is 59.1 Å². The molecule has 3 N–H and O–H groups in total. The zero-order valence-corrected chi connectivity index (χ0v) is 18.7. The van der Waals surface area contributed by atoms with Crippen LogP contribution in [-0.2, 0) is 9.47 Å². The Morgan fingerprint density at radius 3 is 2.49 bits per heavy atom. The molecule has 8 nitrogen and oxygen atoms in total. The van der Waals surface area contributed by atoms with Gasteiger partial charge >= 0.3 is 0 Å². The number of phenols is 1. The minimum absolute atomic E-state index is 0.163. The van der Waals surface area contributed by atoms with Crippen molar-refractivity contribution in [2.75, 3.05) is 13.2 Å². The first-order valence-corrected chi connectivity index (χ1v) is 11.2. The van der Waals surface area contributed by atoms with Gasteiger partial charge in [0.2, 0.25) is 0 Å². The summed E-state index contributed by atoms with van der Waals surface area (Å²) in [6, 6.07) is 10.3. The molecule has 4 atom stereocenters. The van der Waals surface area contributed by atoms with E-state index in [2.05, 4.69) is 15.0 Å². The maximum atomic E-state index is 13.6. The lowest BCUT2D eigenvalue weighted by molar-refractivity contribution is 0.00706. The van der Waals surface area contributed by atoms with Gasteiger partial charge in [0.15, 0.2) is 23.4 Å². The number of nitrogens with zero attached hydrogens (tertiary/aromatic N) is 2. The Bertz CT molecular complexity index is 1430. The van der Waals surface area contributed by atoms with E-state index >= 15 is 0 Å². The summed E-state index contributed by atoms with van der Waals surface area (Å²) in [5, 5.41) is 20.2. The normalized spacial score (nSPS) is 23.7. The number of fused-ring (bicyclic) bond motifs is 2. The molecular formula is C24H18ClF2N3O5. The molecule has 2 aliphatic heterocycles. The lowest BCUT2D eigenvalue weighted by atomic mass is 10.0. The summed E-state index contributed by atoms with van der Waals surface area (Å²) in [5.41, 5.74) is 2.73. The Hall–Kier alpha value is -3.31. The molecule has 2 aliphatic rings. The van der Waals surface area contributed by atoms with Gasteiger partial charge in [-0.1, -0.05) is 35.9 Å². The number of halogens is 3. The largest absolute Gasteiger partial charge is 0.507 e. The molecule has 4 aromatic rings. The van der Waals surface area contributed by atoms with Crippen LogP contribution in [-0.4, -0.2) is 62.8 Å². The molecule has 4 heterocycles. The van der Waals surface area contributed by atoms with Gasteiger partial charge in [-0.2, -0.15) is 4.98 Å². The van der Waals surface area contributed by atoms with Crippen molar-refractivity contribution >= 4 is 22.8 Å². The van der Waals surface area contributed by atoms with Crippen molar-refractivity contribution in [3.8, 4) is 34.1 Å². The number of aliphatic hydroxyl groups excluding tert-OH is 1. The summed E-state index contributed by atoms with van der Waals surface area (Å²) < 4.78 is 44.0. The quantitative estimate of drug-likeness (QED) is 0.390. The minimum Gasteiger partial charge on any atom is -0.507 e. The van der Waals surface area contributed by atoms with E-state index in [-0.39, 0.29) is 36.6 Å². The molecule has 35 heavy (non-hydrogen) atoms. The molecule has 180 valence electrons. The van der Waals surface area contributed by atoms with Crippen molar-refractivity contribution < 1.29 is 33.2 Å².